The molecular weight excluding hydrogens is 246 g/mol. The number of sulfonamides is 1. The van der Waals surface area contributed by atoms with Crippen LogP contribution in [0.4, 0.5) is 0 Å². The number of hydrogen-bond donors (Lipinski definition) is 2. The molecule has 0 aromatic carbocycles. The van der Waals surface area contributed by atoms with Gasteiger partial charge in [-0.2, -0.15) is 0 Å². The lowest BCUT2D eigenvalue weighted by atomic mass is 10.0. The van der Waals surface area contributed by atoms with Crippen LogP contribution in [0, 0.1) is 0 Å². The zero-order valence-corrected chi connectivity index (χ0v) is 11.3. The third kappa shape index (κ3) is 8.12. The summed E-state index contributed by atoms with van der Waals surface area (Å²) in [4.78, 5) is 10.8. The fourth-order valence-electron chi connectivity index (χ4n) is 1.31. The number of carbonyl (C=O) groups is 1. The minimum atomic E-state index is -3.43. The minimum absolute atomic E-state index is 0.0812. The molecule has 17 heavy (non-hydrogen) atoms. The molecule has 0 unspecified atom stereocenters. The van der Waals surface area contributed by atoms with Crippen LogP contribution in [0.15, 0.2) is 0 Å². The lowest BCUT2D eigenvalue weighted by Gasteiger charge is -2.24. The maximum absolute atomic E-state index is 11.6. The van der Waals surface area contributed by atoms with Crippen LogP contribution < -0.4 is 4.72 Å². The molecule has 0 atom stereocenters. The van der Waals surface area contributed by atoms with E-state index in [1.165, 1.54) is 7.11 Å². The average Bonchev–Trinajstić information content (AvgIpc) is 2.14. The summed E-state index contributed by atoms with van der Waals surface area (Å²) in [6.45, 7) is 3.31. The van der Waals surface area contributed by atoms with Gasteiger partial charge < -0.3 is 9.84 Å². The maximum atomic E-state index is 11.6. The van der Waals surface area contributed by atoms with Gasteiger partial charge in [0.1, 0.15) is 0 Å². The molecule has 0 spiro atoms. The van der Waals surface area contributed by atoms with Crippen molar-refractivity contribution >= 4 is 16.0 Å². The summed E-state index contributed by atoms with van der Waals surface area (Å²) in [5.41, 5.74) is -0.682. The first kappa shape index (κ1) is 16.3. The first-order valence-electron chi connectivity index (χ1n) is 5.42. The normalized spacial score (nSPS) is 12.5. The molecule has 0 saturated heterocycles. The predicted molar refractivity (Wildman–Crippen MR) is 64.0 cm³/mol. The van der Waals surface area contributed by atoms with E-state index in [9.17, 15) is 13.2 Å². The van der Waals surface area contributed by atoms with Crippen molar-refractivity contribution in [2.24, 2.45) is 0 Å². The standard InChI is InChI=1S/C10H21NO5S/c1-10(2,6-7-12)11-17(14,15)8-4-5-9(13)16-3/h11-12H,4-8H2,1-3H3. The van der Waals surface area contributed by atoms with Gasteiger partial charge in [0.15, 0.2) is 0 Å². The number of carbonyl (C=O) groups excluding carboxylic acids is 1. The van der Waals surface area contributed by atoms with Gasteiger partial charge in [-0.25, -0.2) is 13.1 Å². The van der Waals surface area contributed by atoms with E-state index >= 15 is 0 Å². The van der Waals surface area contributed by atoms with Gasteiger partial charge in [0.05, 0.1) is 12.9 Å². The van der Waals surface area contributed by atoms with E-state index < -0.39 is 21.5 Å². The van der Waals surface area contributed by atoms with E-state index in [1.54, 1.807) is 13.8 Å². The summed E-state index contributed by atoms with van der Waals surface area (Å²) in [6.07, 6.45) is 0.637. The molecule has 0 saturated carbocycles. The van der Waals surface area contributed by atoms with Gasteiger partial charge in [-0.05, 0) is 26.7 Å². The van der Waals surface area contributed by atoms with Crippen LogP contribution in [-0.2, 0) is 19.6 Å². The number of rotatable bonds is 8. The SMILES string of the molecule is COC(=O)CCCS(=O)(=O)NC(C)(C)CCO. The Morgan fingerprint density at radius 1 is 1.41 bits per heavy atom. The van der Waals surface area contributed by atoms with E-state index in [0.717, 1.165) is 0 Å². The molecule has 0 amide bonds. The Balaban J connectivity index is 4.17. The molecular formula is C10H21NO5S. The van der Waals surface area contributed by atoms with Crippen LogP contribution in [0.25, 0.3) is 0 Å². The molecule has 0 bridgehead atoms. The van der Waals surface area contributed by atoms with Crippen molar-refractivity contribution in [3.63, 3.8) is 0 Å². The zero-order chi connectivity index (χ0) is 13.5. The summed E-state index contributed by atoms with van der Waals surface area (Å²) in [6, 6.07) is 0. The van der Waals surface area contributed by atoms with Gasteiger partial charge in [0.2, 0.25) is 10.0 Å². The van der Waals surface area contributed by atoms with Crippen molar-refractivity contribution in [1.29, 1.82) is 0 Å². The Morgan fingerprint density at radius 3 is 2.47 bits per heavy atom. The number of nitrogens with one attached hydrogen (secondary N) is 1. The summed E-state index contributed by atoms with van der Waals surface area (Å²) >= 11 is 0. The second-order valence-electron chi connectivity index (χ2n) is 4.46. The number of methoxy groups -OCH3 is 1. The van der Waals surface area contributed by atoms with Crippen LogP contribution in [0.1, 0.15) is 33.1 Å². The van der Waals surface area contributed by atoms with E-state index in [-0.39, 0.29) is 25.2 Å². The van der Waals surface area contributed by atoms with E-state index in [1.807, 2.05) is 0 Å². The quantitative estimate of drug-likeness (QED) is 0.605. The Bertz CT molecular complexity index is 337. The predicted octanol–water partition coefficient (Wildman–Crippen LogP) is 0.0200. The Morgan fingerprint density at radius 2 is 2.00 bits per heavy atom. The molecule has 0 radical (unpaired) electrons. The Labute approximate surface area is 102 Å². The maximum Gasteiger partial charge on any atom is 0.305 e. The molecule has 0 aliphatic carbocycles. The molecule has 0 aliphatic heterocycles. The van der Waals surface area contributed by atoms with E-state index in [4.69, 9.17) is 5.11 Å². The summed E-state index contributed by atoms with van der Waals surface area (Å²) in [5.74, 6) is -0.549. The van der Waals surface area contributed by atoms with Gasteiger partial charge in [0, 0.05) is 18.6 Å². The molecule has 102 valence electrons. The van der Waals surface area contributed by atoms with Gasteiger partial charge in [-0.1, -0.05) is 0 Å². The van der Waals surface area contributed by atoms with E-state index in [0.29, 0.717) is 6.42 Å². The van der Waals surface area contributed by atoms with Crippen LogP contribution in [-0.4, -0.2) is 44.5 Å². The highest BCUT2D eigenvalue weighted by Crippen LogP contribution is 2.10. The molecule has 0 aliphatic rings. The highest BCUT2D eigenvalue weighted by Gasteiger charge is 2.24. The highest BCUT2D eigenvalue weighted by atomic mass is 32.2. The molecule has 7 heteroatoms. The number of esters is 1. The van der Waals surface area contributed by atoms with Crippen molar-refractivity contribution in [2.45, 2.75) is 38.6 Å². The summed E-state index contributed by atoms with van der Waals surface area (Å²) < 4.78 is 30.2. The molecule has 0 heterocycles. The minimum Gasteiger partial charge on any atom is -0.469 e. The Kier molecular flexibility index (Phi) is 6.66. The lowest BCUT2D eigenvalue weighted by molar-refractivity contribution is -0.140. The van der Waals surface area contributed by atoms with Crippen molar-refractivity contribution < 1.29 is 23.1 Å². The van der Waals surface area contributed by atoms with Crippen LogP contribution >= 0.6 is 0 Å². The fraction of sp³-hybridized carbons (Fsp3) is 0.900. The van der Waals surface area contributed by atoms with Crippen molar-refractivity contribution in [2.75, 3.05) is 19.5 Å². The second-order valence-corrected chi connectivity index (χ2v) is 6.30. The molecule has 0 rings (SSSR count). The largest absolute Gasteiger partial charge is 0.469 e. The fourth-order valence-corrected chi connectivity index (χ4v) is 2.88. The number of hydrogen-bond acceptors (Lipinski definition) is 5. The molecule has 6 nitrogen and oxygen atoms in total. The van der Waals surface area contributed by atoms with E-state index in [2.05, 4.69) is 9.46 Å². The first-order valence-corrected chi connectivity index (χ1v) is 7.07. The monoisotopic (exact) mass is 267 g/mol. The van der Waals surface area contributed by atoms with Gasteiger partial charge >= 0.3 is 5.97 Å². The smallest absolute Gasteiger partial charge is 0.305 e. The lowest BCUT2D eigenvalue weighted by Crippen LogP contribution is -2.45. The van der Waals surface area contributed by atoms with Gasteiger partial charge in [0.25, 0.3) is 0 Å². The molecule has 2 N–H and O–H groups in total. The average molecular weight is 267 g/mol. The van der Waals surface area contributed by atoms with Gasteiger partial charge in [-0.15, -0.1) is 0 Å². The molecule has 0 aromatic rings. The third-order valence-electron chi connectivity index (χ3n) is 2.19. The second kappa shape index (κ2) is 6.93. The van der Waals surface area contributed by atoms with Crippen LogP contribution in [0.2, 0.25) is 0 Å². The first-order chi connectivity index (χ1) is 7.72. The van der Waals surface area contributed by atoms with Crippen molar-refractivity contribution in [1.82, 2.24) is 4.72 Å². The zero-order valence-electron chi connectivity index (χ0n) is 10.5. The van der Waals surface area contributed by atoms with Crippen molar-refractivity contribution in [3.8, 4) is 0 Å². The number of aliphatic hydroxyl groups is 1. The number of aliphatic hydroxyl groups excluding tert-OH is 1. The van der Waals surface area contributed by atoms with Crippen LogP contribution in [0.3, 0.4) is 0 Å². The van der Waals surface area contributed by atoms with Crippen molar-refractivity contribution in [3.05, 3.63) is 0 Å². The molecule has 0 aromatic heterocycles. The Hall–Kier alpha value is -0.660. The topological polar surface area (TPSA) is 92.7 Å². The highest BCUT2D eigenvalue weighted by molar-refractivity contribution is 7.89. The summed E-state index contributed by atoms with van der Waals surface area (Å²) in [7, 11) is -2.17. The molecule has 0 fully saturated rings. The number of ether oxygens (including phenoxy) is 1. The third-order valence-corrected chi connectivity index (χ3v) is 3.88. The summed E-state index contributed by atoms with van der Waals surface area (Å²) in [5, 5.41) is 8.78. The van der Waals surface area contributed by atoms with Crippen LogP contribution in [0.5, 0.6) is 0 Å². The van der Waals surface area contributed by atoms with Gasteiger partial charge in [-0.3, -0.25) is 4.79 Å².